The van der Waals surface area contributed by atoms with E-state index in [-0.39, 0.29) is 5.11 Å². The molecule has 0 unspecified atom stereocenters. The van der Waals surface area contributed by atoms with Crippen LogP contribution in [-0.4, -0.2) is 18.1 Å². The van der Waals surface area contributed by atoms with Crippen LogP contribution < -0.4 is 20.5 Å². The van der Waals surface area contributed by atoms with Crippen molar-refractivity contribution in [1.82, 2.24) is 5.32 Å². The van der Waals surface area contributed by atoms with Crippen molar-refractivity contribution in [1.29, 1.82) is 0 Å². The maximum absolute atomic E-state index is 11.9. The number of benzene rings is 2. The lowest BCUT2D eigenvalue weighted by Gasteiger charge is -2.12. The molecule has 1 amide bonds. The maximum atomic E-state index is 11.9. The minimum absolute atomic E-state index is 0.0877. The normalized spacial score (nSPS) is 10.0. The van der Waals surface area contributed by atoms with Gasteiger partial charge in [0, 0.05) is 10.6 Å². The van der Waals surface area contributed by atoms with Gasteiger partial charge in [-0.3, -0.25) is 10.1 Å². The second kappa shape index (κ2) is 7.80. The van der Waals surface area contributed by atoms with E-state index >= 15 is 0 Å². The predicted octanol–water partition coefficient (Wildman–Crippen LogP) is 2.90. The zero-order valence-corrected chi connectivity index (χ0v) is 13.9. The number of hydrogen-bond acceptors (Lipinski definition) is 4. The molecule has 0 heterocycles. The van der Waals surface area contributed by atoms with E-state index < -0.39 is 5.91 Å². The van der Waals surface area contributed by atoms with Crippen molar-refractivity contribution in [2.75, 3.05) is 7.11 Å². The highest BCUT2D eigenvalue weighted by molar-refractivity contribution is 7.80. The van der Waals surface area contributed by atoms with Crippen LogP contribution in [-0.2, 0) is 6.61 Å². The topological polar surface area (TPSA) is 73.6 Å². The third-order valence-corrected chi connectivity index (χ3v) is 3.28. The van der Waals surface area contributed by atoms with Gasteiger partial charge in [-0.1, -0.05) is 23.7 Å². The standard InChI is InChI=1S/C16H15ClN2O3S/c1-21-14-8-11(15(20)19-16(18)23)5-6-13(14)22-9-10-3-2-4-12(17)7-10/h2-8H,9H2,1H3,(H3,18,19,20,23). The van der Waals surface area contributed by atoms with E-state index in [0.717, 1.165) is 5.56 Å². The first-order valence-corrected chi connectivity index (χ1v) is 7.44. The second-order valence-electron chi connectivity index (χ2n) is 4.60. The van der Waals surface area contributed by atoms with Gasteiger partial charge in [0.25, 0.3) is 5.91 Å². The molecular formula is C16H15ClN2O3S. The van der Waals surface area contributed by atoms with E-state index in [1.165, 1.54) is 7.11 Å². The summed E-state index contributed by atoms with van der Waals surface area (Å²) in [6, 6.07) is 12.2. The second-order valence-corrected chi connectivity index (χ2v) is 5.48. The lowest BCUT2D eigenvalue weighted by molar-refractivity contribution is 0.0977. The molecule has 120 valence electrons. The molecule has 0 atom stereocenters. The fourth-order valence-corrected chi connectivity index (χ4v) is 2.21. The highest BCUT2D eigenvalue weighted by Gasteiger charge is 2.12. The van der Waals surface area contributed by atoms with Gasteiger partial charge in [-0.15, -0.1) is 0 Å². The van der Waals surface area contributed by atoms with Gasteiger partial charge in [-0.25, -0.2) is 0 Å². The zero-order chi connectivity index (χ0) is 16.8. The number of carbonyl (C=O) groups excluding carboxylic acids is 1. The highest BCUT2D eigenvalue weighted by Crippen LogP contribution is 2.29. The first-order valence-electron chi connectivity index (χ1n) is 6.65. The summed E-state index contributed by atoms with van der Waals surface area (Å²) in [5.41, 5.74) is 6.58. The molecule has 0 aliphatic carbocycles. The van der Waals surface area contributed by atoms with Crippen LogP contribution in [0, 0.1) is 0 Å². The molecule has 0 saturated carbocycles. The number of amides is 1. The van der Waals surface area contributed by atoms with Gasteiger partial charge in [0.1, 0.15) is 6.61 Å². The van der Waals surface area contributed by atoms with E-state index in [2.05, 4.69) is 17.5 Å². The molecule has 0 aliphatic heterocycles. The van der Waals surface area contributed by atoms with Gasteiger partial charge < -0.3 is 15.2 Å². The first kappa shape index (κ1) is 17.1. The van der Waals surface area contributed by atoms with Crippen molar-refractivity contribution in [3.8, 4) is 11.5 Å². The Hall–Kier alpha value is -2.31. The van der Waals surface area contributed by atoms with Crippen LogP contribution in [0.4, 0.5) is 0 Å². The monoisotopic (exact) mass is 350 g/mol. The quantitative estimate of drug-likeness (QED) is 0.811. The number of hydrogen-bond donors (Lipinski definition) is 2. The smallest absolute Gasteiger partial charge is 0.257 e. The molecular weight excluding hydrogens is 336 g/mol. The molecule has 0 bridgehead atoms. The number of rotatable bonds is 5. The van der Waals surface area contributed by atoms with Crippen LogP contribution in [0.25, 0.3) is 0 Å². The van der Waals surface area contributed by atoms with Crippen molar-refractivity contribution >= 4 is 34.8 Å². The van der Waals surface area contributed by atoms with Crippen molar-refractivity contribution in [3.05, 3.63) is 58.6 Å². The van der Waals surface area contributed by atoms with Crippen molar-refractivity contribution in [2.45, 2.75) is 6.61 Å². The summed E-state index contributed by atoms with van der Waals surface area (Å²) in [6.07, 6.45) is 0. The van der Waals surface area contributed by atoms with E-state index in [9.17, 15) is 4.79 Å². The van der Waals surface area contributed by atoms with Crippen LogP contribution in [0.1, 0.15) is 15.9 Å². The summed E-state index contributed by atoms with van der Waals surface area (Å²) >= 11 is 10.6. The minimum Gasteiger partial charge on any atom is -0.493 e. The summed E-state index contributed by atoms with van der Waals surface area (Å²) in [6.45, 7) is 0.329. The molecule has 7 heteroatoms. The summed E-state index contributed by atoms with van der Waals surface area (Å²) in [5.74, 6) is 0.541. The highest BCUT2D eigenvalue weighted by atomic mass is 35.5. The van der Waals surface area contributed by atoms with E-state index in [1.807, 2.05) is 18.2 Å². The molecule has 5 nitrogen and oxygen atoms in total. The van der Waals surface area contributed by atoms with Gasteiger partial charge in [0.15, 0.2) is 16.6 Å². The molecule has 2 aromatic rings. The number of nitrogens with two attached hydrogens (primary N) is 1. The largest absolute Gasteiger partial charge is 0.493 e. The van der Waals surface area contributed by atoms with Gasteiger partial charge >= 0.3 is 0 Å². The van der Waals surface area contributed by atoms with Crippen molar-refractivity contribution in [2.24, 2.45) is 5.73 Å². The van der Waals surface area contributed by atoms with Gasteiger partial charge in [0.2, 0.25) is 0 Å². The molecule has 0 saturated heterocycles. The fourth-order valence-electron chi connectivity index (χ4n) is 1.90. The zero-order valence-electron chi connectivity index (χ0n) is 12.3. The molecule has 3 N–H and O–H groups in total. The average Bonchev–Trinajstić information content (AvgIpc) is 2.52. The number of ether oxygens (including phenoxy) is 2. The first-order chi connectivity index (χ1) is 11.0. The summed E-state index contributed by atoms with van der Waals surface area (Å²) in [5, 5.41) is 2.91. The van der Waals surface area contributed by atoms with Gasteiger partial charge in [0.05, 0.1) is 7.11 Å². The summed E-state index contributed by atoms with van der Waals surface area (Å²) in [7, 11) is 1.50. The number of thiocarbonyl (C=S) groups is 1. The Morgan fingerprint density at radius 1 is 1.26 bits per heavy atom. The Balaban J connectivity index is 2.13. The van der Waals surface area contributed by atoms with Gasteiger partial charge in [-0.2, -0.15) is 0 Å². The van der Waals surface area contributed by atoms with Crippen LogP contribution in [0.2, 0.25) is 5.02 Å². The SMILES string of the molecule is COc1cc(C(=O)NC(N)=S)ccc1OCc1cccc(Cl)c1. The molecule has 2 aromatic carbocycles. The molecule has 0 aromatic heterocycles. The number of nitrogens with one attached hydrogen (secondary N) is 1. The predicted molar refractivity (Wildman–Crippen MR) is 93.0 cm³/mol. The Morgan fingerprint density at radius 2 is 2.04 bits per heavy atom. The number of methoxy groups -OCH3 is 1. The molecule has 0 aliphatic rings. The summed E-state index contributed by atoms with van der Waals surface area (Å²) < 4.78 is 11.0. The molecule has 23 heavy (non-hydrogen) atoms. The van der Waals surface area contributed by atoms with Crippen molar-refractivity contribution < 1.29 is 14.3 Å². The minimum atomic E-state index is -0.405. The van der Waals surface area contributed by atoms with Crippen LogP contribution >= 0.6 is 23.8 Å². The maximum Gasteiger partial charge on any atom is 0.257 e. The van der Waals surface area contributed by atoms with Crippen LogP contribution in [0.5, 0.6) is 11.5 Å². The Bertz CT molecular complexity index is 737. The fraction of sp³-hybridized carbons (Fsp3) is 0.125. The average molecular weight is 351 g/mol. The third-order valence-electron chi connectivity index (χ3n) is 2.95. The molecule has 0 spiro atoms. The van der Waals surface area contributed by atoms with Crippen LogP contribution in [0.3, 0.4) is 0 Å². The lowest BCUT2D eigenvalue weighted by atomic mass is 10.2. The Labute approximate surface area is 144 Å². The molecule has 0 radical (unpaired) electrons. The Kier molecular flexibility index (Phi) is 5.78. The number of halogens is 1. The van der Waals surface area contributed by atoms with Gasteiger partial charge in [-0.05, 0) is 48.1 Å². The number of carbonyl (C=O) groups is 1. The Morgan fingerprint density at radius 3 is 2.70 bits per heavy atom. The third kappa shape index (κ3) is 4.84. The molecule has 2 rings (SSSR count). The van der Waals surface area contributed by atoms with E-state index in [4.69, 9.17) is 26.8 Å². The van der Waals surface area contributed by atoms with Crippen LogP contribution in [0.15, 0.2) is 42.5 Å². The lowest BCUT2D eigenvalue weighted by Crippen LogP contribution is -2.34. The summed E-state index contributed by atoms with van der Waals surface area (Å²) in [4.78, 5) is 11.9. The van der Waals surface area contributed by atoms with E-state index in [0.29, 0.717) is 28.7 Å². The van der Waals surface area contributed by atoms with Crippen molar-refractivity contribution in [3.63, 3.8) is 0 Å². The van der Waals surface area contributed by atoms with E-state index in [1.54, 1.807) is 24.3 Å². The molecule has 0 fully saturated rings.